The van der Waals surface area contributed by atoms with E-state index in [1.807, 2.05) is 0 Å². The van der Waals surface area contributed by atoms with Crippen molar-refractivity contribution in [2.45, 2.75) is 5.09 Å². The number of furan rings is 1. The third kappa shape index (κ3) is 3.19. The molecule has 0 atom stereocenters. The Hall–Kier alpha value is -1.12. The molecule has 0 fully saturated rings. The molecule has 1 heterocycles. The first-order valence-electron chi connectivity index (χ1n) is 3.99. The molecule has 0 saturated carbocycles. The smallest absolute Gasteiger partial charge is 0.371 e. The first-order chi connectivity index (χ1) is 7.33. The Morgan fingerprint density at radius 2 is 2.19 bits per heavy atom. The van der Waals surface area contributed by atoms with Crippen LogP contribution >= 0.6 is 15.9 Å². The van der Waals surface area contributed by atoms with Crippen LogP contribution in [0.4, 0.5) is 0 Å². The molecule has 16 heavy (non-hydrogen) atoms. The highest BCUT2D eigenvalue weighted by Gasteiger charge is 2.20. The monoisotopic (exact) mass is 309 g/mol. The van der Waals surface area contributed by atoms with Crippen LogP contribution < -0.4 is 4.72 Å². The van der Waals surface area contributed by atoms with Gasteiger partial charge in [-0.15, -0.1) is 0 Å². The van der Waals surface area contributed by atoms with Gasteiger partial charge in [-0.25, -0.2) is 17.9 Å². The fourth-order valence-electron chi connectivity index (χ4n) is 0.824. The number of rotatable bonds is 5. The summed E-state index contributed by atoms with van der Waals surface area (Å²) in [6, 6.07) is 2.14. The number of carbonyl (C=O) groups is 1. The number of carboxylic acids is 1. The number of nitrogens with one attached hydrogen (secondary N) is 1. The lowest BCUT2D eigenvalue weighted by molar-refractivity contribution is 0.0656. The molecular weight excluding hydrogens is 302 g/mol. The molecule has 0 aliphatic carbocycles. The Morgan fingerprint density at radius 3 is 2.62 bits per heavy atom. The minimum atomic E-state index is -3.84. The summed E-state index contributed by atoms with van der Waals surface area (Å²) in [7, 11) is -3.84. The maximum absolute atomic E-state index is 11.5. The van der Waals surface area contributed by atoms with Gasteiger partial charge in [0.1, 0.15) is 0 Å². The van der Waals surface area contributed by atoms with Crippen molar-refractivity contribution in [2.75, 3.05) is 6.54 Å². The number of carboxylic acid groups (broad SMARTS) is 1. The van der Waals surface area contributed by atoms with Gasteiger partial charge in [0.2, 0.25) is 10.9 Å². The minimum Gasteiger partial charge on any atom is -0.475 e. The summed E-state index contributed by atoms with van der Waals surface area (Å²) < 4.78 is 30.3. The second kappa shape index (κ2) is 4.81. The van der Waals surface area contributed by atoms with E-state index in [0.29, 0.717) is 4.48 Å². The zero-order valence-corrected chi connectivity index (χ0v) is 10.3. The van der Waals surface area contributed by atoms with E-state index in [-0.39, 0.29) is 6.54 Å². The van der Waals surface area contributed by atoms with Crippen LogP contribution in [0.15, 0.2) is 32.7 Å². The van der Waals surface area contributed by atoms with Crippen molar-refractivity contribution in [1.29, 1.82) is 0 Å². The molecule has 1 aromatic rings. The number of hydrogen-bond acceptors (Lipinski definition) is 4. The minimum absolute atomic E-state index is 0.00849. The third-order valence-corrected chi connectivity index (χ3v) is 3.06. The van der Waals surface area contributed by atoms with Crippen LogP contribution in [-0.2, 0) is 10.0 Å². The van der Waals surface area contributed by atoms with E-state index in [4.69, 9.17) is 5.11 Å². The maximum Gasteiger partial charge on any atom is 0.371 e. The molecule has 0 radical (unpaired) electrons. The molecule has 0 aliphatic rings. The Labute approximate surface area is 100 Å². The lowest BCUT2D eigenvalue weighted by Gasteiger charge is -2.01. The van der Waals surface area contributed by atoms with Crippen LogP contribution in [0.2, 0.25) is 0 Å². The van der Waals surface area contributed by atoms with E-state index in [1.165, 1.54) is 0 Å². The second-order valence-corrected chi connectivity index (χ2v) is 5.59. The predicted octanol–water partition coefficient (Wildman–Crippen LogP) is 1.16. The lowest BCUT2D eigenvalue weighted by Crippen LogP contribution is -2.24. The maximum atomic E-state index is 11.5. The molecule has 1 rings (SSSR count). The molecule has 0 bridgehead atoms. The first-order valence-corrected chi connectivity index (χ1v) is 6.26. The van der Waals surface area contributed by atoms with Gasteiger partial charge in [-0.2, -0.15) is 0 Å². The van der Waals surface area contributed by atoms with Gasteiger partial charge in [0.25, 0.3) is 10.0 Å². The third-order valence-electron chi connectivity index (χ3n) is 1.51. The molecule has 8 heteroatoms. The van der Waals surface area contributed by atoms with Crippen molar-refractivity contribution in [1.82, 2.24) is 4.72 Å². The molecule has 1 aromatic heterocycles. The number of halogens is 1. The Bertz CT molecular complexity index is 518. The number of aromatic carboxylic acids is 1. The van der Waals surface area contributed by atoms with Crippen molar-refractivity contribution in [3.05, 3.63) is 29.0 Å². The molecular formula is C8H8BrNO5S. The lowest BCUT2D eigenvalue weighted by atomic mass is 10.5. The van der Waals surface area contributed by atoms with Crippen molar-refractivity contribution < 1.29 is 22.7 Å². The van der Waals surface area contributed by atoms with Gasteiger partial charge >= 0.3 is 5.97 Å². The summed E-state index contributed by atoms with van der Waals surface area (Å²) in [5, 5.41) is 8.11. The van der Waals surface area contributed by atoms with E-state index in [0.717, 1.165) is 12.1 Å². The largest absolute Gasteiger partial charge is 0.475 e. The molecule has 0 spiro atoms. The molecule has 0 saturated heterocycles. The van der Waals surface area contributed by atoms with E-state index in [9.17, 15) is 13.2 Å². The van der Waals surface area contributed by atoms with Crippen LogP contribution in [0.5, 0.6) is 0 Å². The van der Waals surface area contributed by atoms with Gasteiger partial charge < -0.3 is 9.52 Å². The highest BCUT2D eigenvalue weighted by molar-refractivity contribution is 9.11. The fourth-order valence-corrected chi connectivity index (χ4v) is 2.10. The van der Waals surface area contributed by atoms with Crippen molar-refractivity contribution in [2.24, 2.45) is 0 Å². The highest BCUT2D eigenvalue weighted by atomic mass is 79.9. The van der Waals surface area contributed by atoms with Gasteiger partial charge in [-0.1, -0.05) is 22.5 Å². The van der Waals surface area contributed by atoms with E-state index in [1.54, 1.807) is 0 Å². The average Bonchev–Trinajstić information content (AvgIpc) is 2.64. The molecule has 0 aliphatic heterocycles. The molecule has 0 unspecified atom stereocenters. The van der Waals surface area contributed by atoms with Crippen LogP contribution in [0.3, 0.4) is 0 Å². The van der Waals surface area contributed by atoms with Crippen LogP contribution in [0.1, 0.15) is 10.6 Å². The van der Waals surface area contributed by atoms with Crippen molar-refractivity contribution >= 4 is 31.9 Å². The fraction of sp³-hybridized carbons (Fsp3) is 0.125. The van der Waals surface area contributed by atoms with Crippen molar-refractivity contribution in [3.63, 3.8) is 0 Å². The van der Waals surface area contributed by atoms with E-state index in [2.05, 4.69) is 31.6 Å². The predicted molar refractivity (Wildman–Crippen MR) is 58.9 cm³/mol. The van der Waals surface area contributed by atoms with E-state index < -0.39 is 26.8 Å². The molecule has 2 N–H and O–H groups in total. The molecule has 0 amide bonds. The standard InChI is InChI=1S/C8H8BrNO5S/c1-5(9)4-10-16(13,14)7-3-2-6(15-7)8(11)12/h2-3,10H,1,4H2,(H,11,12). The van der Waals surface area contributed by atoms with E-state index >= 15 is 0 Å². The van der Waals surface area contributed by atoms with Crippen molar-refractivity contribution in [3.8, 4) is 0 Å². The summed E-state index contributed by atoms with van der Waals surface area (Å²) >= 11 is 2.98. The van der Waals surface area contributed by atoms with Gasteiger partial charge in [0, 0.05) is 11.0 Å². The normalized spacial score (nSPS) is 11.3. The SMILES string of the molecule is C=C(Br)CNS(=O)(=O)c1ccc(C(=O)O)o1. The topological polar surface area (TPSA) is 96.6 Å². The van der Waals surface area contributed by atoms with Crippen LogP contribution in [-0.4, -0.2) is 26.0 Å². The zero-order valence-electron chi connectivity index (χ0n) is 7.94. The molecule has 0 aromatic carbocycles. The van der Waals surface area contributed by atoms with Crippen LogP contribution in [0, 0.1) is 0 Å². The van der Waals surface area contributed by atoms with Gasteiger partial charge in [-0.05, 0) is 12.1 Å². The Balaban J connectivity index is 2.90. The second-order valence-electron chi connectivity index (χ2n) is 2.77. The zero-order chi connectivity index (χ0) is 12.3. The molecule has 6 nitrogen and oxygen atoms in total. The van der Waals surface area contributed by atoms with Gasteiger partial charge in [-0.3, -0.25) is 0 Å². The first kappa shape index (κ1) is 12.9. The highest BCUT2D eigenvalue weighted by Crippen LogP contribution is 2.14. The van der Waals surface area contributed by atoms with Crippen LogP contribution in [0.25, 0.3) is 0 Å². The average molecular weight is 310 g/mol. The number of sulfonamides is 1. The summed E-state index contributed by atoms with van der Waals surface area (Å²) in [5.74, 6) is -1.76. The summed E-state index contributed by atoms with van der Waals surface area (Å²) in [4.78, 5) is 10.5. The Kier molecular flexibility index (Phi) is 3.89. The van der Waals surface area contributed by atoms with Gasteiger partial charge in [0.15, 0.2) is 0 Å². The quantitative estimate of drug-likeness (QED) is 0.851. The Morgan fingerprint density at radius 1 is 1.56 bits per heavy atom. The number of hydrogen-bond donors (Lipinski definition) is 2. The summed E-state index contributed by atoms with van der Waals surface area (Å²) in [6.07, 6.45) is 0. The summed E-state index contributed by atoms with van der Waals surface area (Å²) in [5.41, 5.74) is 0. The summed E-state index contributed by atoms with van der Waals surface area (Å²) in [6.45, 7) is 3.44. The van der Waals surface area contributed by atoms with Gasteiger partial charge in [0.05, 0.1) is 0 Å². The molecule has 88 valence electrons.